The summed E-state index contributed by atoms with van der Waals surface area (Å²) in [5, 5.41) is 2.00. The number of hydrogen-bond donors (Lipinski definition) is 0. The number of morpholine rings is 1. The summed E-state index contributed by atoms with van der Waals surface area (Å²) in [4.78, 5) is 26.1. The molecular weight excluding hydrogens is 352 g/mol. The van der Waals surface area contributed by atoms with Crippen molar-refractivity contribution in [3.63, 3.8) is 0 Å². The molecule has 26 heavy (non-hydrogen) atoms. The molecule has 0 bridgehead atoms. The molecule has 2 aliphatic rings. The summed E-state index contributed by atoms with van der Waals surface area (Å²) >= 11 is 1.62. The molecule has 0 aromatic carbocycles. The van der Waals surface area contributed by atoms with Gasteiger partial charge >= 0.3 is 0 Å². The Morgan fingerprint density at radius 2 is 2.19 bits per heavy atom. The minimum atomic E-state index is -0.0188. The zero-order valence-electron chi connectivity index (χ0n) is 14.5. The average Bonchev–Trinajstić information content (AvgIpc) is 3.35. The number of hydrogen-bond acceptors (Lipinski definition) is 7. The lowest BCUT2D eigenvalue weighted by Crippen LogP contribution is -2.36. The van der Waals surface area contributed by atoms with Gasteiger partial charge in [0.1, 0.15) is 18.2 Å². The first kappa shape index (κ1) is 17.2. The molecule has 138 valence electrons. The predicted octanol–water partition coefficient (Wildman–Crippen LogP) is 1.60. The number of carbonyl (C=O) groups is 1. The van der Waals surface area contributed by atoms with E-state index in [1.807, 2.05) is 28.5 Å². The molecule has 4 rings (SSSR count). The number of rotatable bonds is 5. The van der Waals surface area contributed by atoms with Crippen molar-refractivity contribution in [1.82, 2.24) is 14.9 Å². The molecule has 4 heterocycles. The van der Waals surface area contributed by atoms with E-state index in [-0.39, 0.29) is 12.0 Å². The van der Waals surface area contributed by atoms with Crippen LogP contribution in [0.4, 0.5) is 5.82 Å². The van der Waals surface area contributed by atoms with Crippen molar-refractivity contribution in [2.75, 3.05) is 44.3 Å². The van der Waals surface area contributed by atoms with Gasteiger partial charge in [0.25, 0.3) is 0 Å². The van der Waals surface area contributed by atoms with Crippen molar-refractivity contribution in [3.05, 3.63) is 34.8 Å². The summed E-state index contributed by atoms with van der Waals surface area (Å²) < 4.78 is 11.4. The van der Waals surface area contributed by atoms with E-state index in [0.717, 1.165) is 36.8 Å². The average molecular weight is 374 g/mol. The van der Waals surface area contributed by atoms with Gasteiger partial charge in [-0.3, -0.25) is 4.79 Å². The number of likely N-dealkylation sites (tertiary alicyclic amines) is 1. The van der Waals surface area contributed by atoms with Gasteiger partial charge in [-0.1, -0.05) is 6.07 Å². The van der Waals surface area contributed by atoms with Crippen LogP contribution in [-0.4, -0.2) is 66.3 Å². The second kappa shape index (κ2) is 8.01. The van der Waals surface area contributed by atoms with Crippen molar-refractivity contribution in [2.45, 2.75) is 18.9 Å². The van der Waals surface area contributed by atoms with Gasteiger partial charge in [0, 0.05) is 37.0 Å². The summed E-state index contributed by atoms with van der Waals surface area (Å²) in [5.41, 5.74) is 0. The Bertz CT molecular complexity index is 734. The van der Waals surface area contributed by atoms with Gasteiger partial charge in [-0.05, 0) is 11.4 Å². The highest BCUT2D eigenvalue weighted by Gasteiger charge is 2.28. The molecule has 0 saturated carbocycles. The molecule has 7 nitrogen and oxygen atoms in total. The highest BCUT2D eigenvalue weighted by Crippen LogP contribution is 2.21. The van der Waals surface area contributed by atoms with E-state index in [1.54, 1.807) is 11.3 Å². The lowest BCUT2D eigenvalue weighted by Gasteiger charge is -2.27. The zero-order chi connectivity index (χ0) is 17.8. The van der Waals surface area contributed by atoms with Gasteiger partial charge in [-0.15, -0.1) is 11.3 Å². The van der Waals surface area contributed by atoms with Crippen LogP contribution >= 0.6 is 11.3 Å². The highest BCUT2D eigenvalue weighted by molar-refractivity contribution is 7.10. The molecule has 2 fully saturated rings. The molecule has 2 saturated heterocycles. The Hall–Kier alpha value is -2.19. The summed E-state index contributed by atoms with van der Waals surface area (Å²) in [5.74, 6) is 1.59. The molecule has 0 N–H and O–H groups in total. The van der Waals surface area contributed by atoms with Gasteiger partial charge in [0.2, 0.25) is 11.8 Å². The third kappa shape index (κ3) is 4.13. The van der Waals surface area contributed by atoms with Crippen molar-refractivity contribution in [3.8, 4) is 5.88 Å². The first-order valence-corrected chi connectivity index (χ1v) is 9.77. The molecule has 1 amide bonds. The van der Waals surface area contributed by atoms with E-state index in [1.165, 1.54) is 6.33 Å². The largest absolute Gasteiger partial charge is 0.472 e. The molecule has 2 aromatic heterocycles. The summed E-state index contributed by atoms with van der Waals surface area (Å²) in [7, 11) is 0. The van der Waals surface area contributed by atoms with Crippen LogP contribution in [0.15, 0.2) is 29.9 Å². The summed E-state index contributed by atoms with van der Waals surface area (Å²) in [6, 6.07) is 5.85. The van der Waals surface area contributed by atoms with E-state index in [0.29, 0.717) is 32.1 Å². The number of nitrogens with zero attached hydrogens (tertiary/aromatic N) is 4. The first-order chi connectivity index (χ1) is 12.8. The SMILES string of the molecule is O=C(Cc1cccs1)N1CCC(Oc2cc(N3CCOCC3)ncn2)C1. The molecule has 2 aliphatic heterocycles. The number of thiophene rings is 1. The van der Waals surface area contributed by atoms with Crippen LogP contribution in [0, 0.1) is 0 Å². The van der Waals surface area contributed by atoms with Crippen molar-refractivity contribution in [2.24, 2.45) is 0 Å². The fourth-order valence-electron chi connectivity index (χ4n) is 3.26. The maximum absolute atomic E-state index is 12.4. The van der Waals surface area contributed by atoms with Crippen LogP contribution in [-0.2, 0) is 16.0 Å². The molecule has 2 aromatic rings. The second-order valence-electron chi connectivity index (χ2n) is 6.44. The molecule has 0 aliphatic carbocycles. The van der Waals surface area contributed by atoms with Crippen LogP contribution in [0.2, 0.25) is 0 Å². The number of carbonyl (C=O) groups excluding carboxylic acids is 1. The van der Waals surface area contributed by atoms with Crippen LogP contribution in [0.1, 0.15) is 11.3 Å². The molecular formula is C18H22N4O3S. The normalized spacial score (nSPS) is 20.4. The molecule has 1 atom stereocenters. The lowest BCUT2D eigenvalue weighted by atomic mass is 10.3. The van der Waals surface area contributed by atoms with Crippen LogP contribution in [0.3, 0.4) is 0 Å². The quantitative estimate of drug-likeness (QED) is 0.792. The van der Waals surface area contributed by atoms with E-state index < -0.39 is 0 Å². The van der Waals surface area contributed by atoms with Gasteiger partial charge in [0.15, 0.2) is 0 Å². The Morgan fingerprint density at radius 1 is 1.31 bits per heavy atom. The minimum absolute atomic E-state index is 0.0188. The number of aromatic nitrogens is 2. The maximum Gasteiger partial charge on any atom is 0.227 e. The number of anilines is 1. The molecule has 0 radical (unpaired) electrons. The van der Waals surface area contributed by atoms with E-state index in [9.17, 15) is 4.79 Å². The van der Waals surface area contributed by atoms with Gasteiger partial charge in [-0.25, -0.2) is 9.97 Å². The van der Waals surface area contributed by atoms with Gasteiger partial charge in [0.05, 0.1) is 26.2 Å². The van der Waals surface area contributed by atoms with Crippen molar-refractivity contribution in [1.29, 1.82) is 0 Å². The van der Waals surface area contributed by atoms with Gasteiger partial charge in [-0.2, -0.15) is 0 Å². The summed E-state index contributed by atoms with van der Waals surface area (Å²) in [6.07, 6.45) is 2.82. The van der Waals surface area contributed by atoms with Crippen LogP contribution in [0.25, 0.3) is 0 Å². The molecule has 8 heteroatoms. The minimum Gasteiger partial charge on any atom is -0.472 e. The fraction of sp³-hybridized carbons (Fsp3) is 0.500. The zero-order valence-corrected chi connectivity index (χ0v) is 15.4. The Morgan fingerprint density at radius 3 is 3.00 bits per heavy atom. The van der Waals surface area contributed by atoms with Gasteiger partial charge < -0.3 is 19.3 Å². The third-order valence-electron chi connectivity index (χ3n) is 4.65. The first-order valence-electron chi connectivity index (χ1n) is 8.89. The third-order valence-corrected chi connectivity index (χ3v) is 5.53. The fourth-order valence-corrected chi connectivity index (χ4v) is 3.95. The van der Waals surface area contributed by atoms with Crippen molar-refractivity contribution < 1.29 is 14.3 Å². The van der Waals surface area contributed by atoms with Crippen LogP contribution < -0.4 is 9.64 Å². The Kier molecular flexibility index (Phi) is 5.31. The standard InChI is InChI=1S/C18H22N4O3S/c23-18(10-15-2-1-9-26-15)22-4-3-14(12-22)25-17-11-16(19-13-20-17)21-5-7-24-8-6-21/h1-2,9,11,13-14H,3-8,10,12H2. The number of ether oxygens (including phenoxy) is 2. The Balaban J connectivity index is 1.32. The van der Waals surface area contributed by atoms with Crippen LogP contribution in [0.5, 0.6) is 5.88 Å². The summed E-state index contributed by atoms with van der Waals surface area (Å²) in [6.45, 7) is 4.42. The maximum atomic E-state index is 12.4. The highest BCUT2D eigenvalue weighted by atomic mass is 32.1. The monoisotopic (exact) mass is 374 g/mol. The topological polar surface area (TPSA) is 67.8 Å². The Labute approximate surface area is 156 Å². The number of amides is 1. The second-order valence-corrected chi connectivity index (χ2v) is 7.47. The lowest BCUT2D eigenvalue weighted by molar-refractivity contribution is -0.129. The van der Waals surface area contributed by atoms with E-state index in [4.69, 9.17) is 9.47 Å². The predicted molar refractivity (Wildman–Crippen MR) is 98.7 cm³/mol. The van der Waals surface area contributed by atoms with E-state index in [2.05, 4.69) is 14.9 Å². The molecule has 1 unspecified atom stereocenters. The smallest absolute Gasteiger partial charge is 0.227 e. The van der Waals surface area contributed by atoms with Crippen molar-refractivity contribution >= 4 is 23.1 Å². The van der Waals surface area contributed by atoms with E-state index >= 15 is 0 Å². The molecule has 0 spiro atoms.